The first-order valence-corrected chi connectivity index (χ1v) is 9.97. The molecule has 0 bridgehead atoms. The van der Waals surface area contributed by atoms with Crippen molar-refractivity contribution in [1.82, 2.24) is 4.98 Å². The van der Waals surface area contributed by atoms with Crippen LogP contribution in [-0.4, -0.2) is 48.3 Å². The van der Waals surface area contributed by atoms with E-state index in [1.54, 1.807) is 19.2 Å². The van der Waals surface area contributed by atoms with Crippen LogP contribution in [0.2, 0.25) is 0 Å². The number of aromatic nitrogens is 1. The summed E-state index contributed by atoms with van der Waals surface area (Å²) in [6.45, 7) is 10.1. The monoisotopic (exact) mass is 393 g/mol. The second-order valence-electron chi connectivity index (χ2n) is 7.67. The molecule has 0 spiro atoms. The average Bonchev–Trinajstić information content (AvgIpc) is 2.66. The van der Waals surface area contributed by atoms with E-state index < -0.39 is 0 Å². The number of hydrogen-bond acceptors (Lipinski definition) is 7. The summed E-state index contributed by atoms with van der Waals surface area (Å²) in [5.41, 5.74) is 0.653. The Morgan fingerprint density at radius 2 is 2.07 bits per heavy atom. The molecule has 1 aliphatic rings. The quantitative estimate of drug-likeness (QED) is 0.359. The summed E-state index contributed by atoms with van der Waals surface area (Å²) in [7, 11) is 0. The van der Waals surface area contributed by atoms with Gasteiger partial charge in [-0.2, -0.15) is 0 Å². The van der Waals surface area contributed by atoms with Crippen LogP contribution in [0.4, 0.5) is 11.5 Å². The minimum atomic E-state index is -0.379. The number of nitro groups is 1. The van der Waals surface area contributed by atoms with Crippen molar-refractivity contribution < 1.29 is 19.2 Å². The number of carbonyl (C=O) groups is 1. The Labute approximate surface area is 166 Å². The van der Waals surface area contributed by atoms with Gasteiger partial charge in [0.05, 0.1) is 18.0 Å². The van der Waals surface area contributed by atoms with Crippen molar-refractivity contribution in [2.45, 2.75) is 58.9 Å². The summed E-state index contributed by atoms with van der Waals surface area (Å²) >= 11 is 0. The van der Waals surface area contributed by atoms with E-state index in [9.17, 15) is 14.9 Å². The first-order chi connectivity index (χ1) is 13.3. The average molecular weight is 393 g/mol. The van der Waals surface area contributed by atoms with Crippen LogP contribution in [0.1, 0.15) is 58.4 Å². The maximum Gasteiger partial charge on any atom is 0.311 e. The van der Waals surface area contributed by atoms with Gasteiger partial charge in [-0.1, -0.05) is 20.8 Å². The van der Waals surface area contributed by atoms with Crippen LogP contribution in [0.25, 0.3) is 0 Å². The highest BCUT2D eigenvalue weighted by Gasteiger charge is 2.30. The number of carbonyl (C=O) groups excluding carboxylic acids is 1. The number of rotatable bonds is 9. The van der Waals surface area contributed by atoms with Crippen molar-refractivity contribution in [2.24, 2.45) is 5.92 Å². The molecule has 1 saturated heterocycles. The third kappa shape index (κ3) is 5.89. The molecule has 8 heteroatoms. The van der Waals surface area contributed by atoms with Crippen molar-refractivity contribution in [3.05, 3.63) is 27.9 Å². The molecule has 0 amide bonds. The van der Waals surface area contributed by atoms with Crippen molar-refractivity contribution in [1.29, 1.82) is 0 Å². The third-order valence-electron chi connectivity index (χ3n) is 4.88. The van der Waals surface area contributed by atoms with Gasteiger partial charge in [-0.25, -0.2) is 4.98 Å². The van der Waals surface area contributed by atoms with E-state index in [1.165, 1.54) is 0 Å². The second kappa shape index (κ2) is 10.4. The third-order valence-corrected chi connectivity index (χ3v) is 4.88. The lowest BCUT2D eigenvalue weighted by Gasteiger charge is -2.36. The maximum absolute atomic E-state index is 11.8. The van der Waals surface area contributed by atoms with Gasteiger partial charge < -0.3 is 14.4 Å². The van der Waals surface area contributed by atoms with Crippen LogP contribution in [-0.2, 0) is 14.3 Å². The lowest BCUT2D eigenvalue weighted by molar-refractivity contribution is -0.384. The van der Waals surface area contributed by atoms with E-state index in [4.69, 9.17) is 9.47 Å². The largest absolute Gasteiger partial charge is 0.466 e. The SMILES string of the molecule is CCOC(=O)CC(C)c1cnc(N(CC(C)C)C2CCOCC2)c([N+](=O)[O-])c1. The van der Waals surface area contributed by atoms with E-state index in [1.807, 2.05) is 6.92 Å². The van der Waals surface area contributed by atoms with Gasteiger partial charge >= 0.3 is 11.7 Å². The Morgan fingerprint density at radius 1 is 1.39 bits per heavy atom. The summed E-state index contributed by atoms with van der Waals surface area (Å²) in [5.74, 6) is 0.218. The molecule has 2 heterocycles. The molecule has 1 unspecified atom stereocenters. The van der Waals surface area contributed by atoms with Crippen LogP contribution >= 0.6 is 0 Å². The second-order valence-corrected chi connectivity index (χ2v) is 7.67. The van der Waals surface area contributed by atoms with E-state index in [0.717, 1.165) is 12.8 Å². The first kappa shape index (κ1) is 22.1. The van der Waals surface area contributed by atoms with Gasteiger partial charge in [-0.3, -0.25) is 14.9 Å². The summed E-state index contributed by atoms with van der Waals surface area (Å²) < 4.78 is 10.4. The molecule has 1 aromatic rings. The van der Waals surface area contributed by atoms with E-state index in [-0.39, 0.29) is 35.0 Å². The van der Waals surface area contributed by atoms with E-state index in [2.05, 4.69) is 23.7 Å². The fraction of sp³-hybridized carbons (Fsp3) is 0.700. The molecular formula is C20H31N3O5. The highest BCUT2D eigenvalue weighted by Crippen LogP contribution is 2.33. The number of esters is 1. The number of nitrogens with zero attached hydrogens (tertiary/aromatic N) is 3. The summed E-state index contributed by atoms with van der Waals surface area (Å²) in [6.07, 6.45) is 3.47. The van der Waals surface area contributed by atoms with Gasteiger partial charge in [0.2, 0.25) is 5.82 Å². The molecule has 2 rings (SSSR count). The minimum absolute atomic E-state index is 0.0136. The molecule has 156 valence electrons. The highest BCUT2D eigenvalue weighted by atomic mass is 16.6. The Balaban J connectivity index is 2.33. The molecule has 0 saturated carbocycles. The normalized spacial score (nSPS) is 16.0. The van der Waals surface area contributed by atoms with Crippen LogP contribution in [0.3, 0.4) is 0 Å². The summed E-state index contributed by atoms with van der Waals surface area (Å²) in [6, 6.07) is 1.73. The van der Waals surface area contributed by atoms with Crippen LogP contribution in [0.5, 0.6) is 0 Å². The summed E-state index contributed by atoms with van der Waals surface area (Å²) in [5, 5.41) is 11.8. The number of anilines is 1. The fourth-order valence-corrected chi connectivity index (χ4v) is 3.47. The molecular weight excluding hydrogens is 362 g/mol. The van der Waals surface area contributed by atoms with Crippen molar-refractivity contribution in [3.63, 3.8) is 0 Å². The Morgan fingerprint density at radius 3 is 2.64 bits per heavy atom. The van der Waals surface area contributed by atoms with Crippen LogP contribution in [0.15, 0.2) is 12.3 Å². The van der Waals surface area contributed by atoms with Crippen LogP contribution < -0.4 is 4.90 Å². The maximum atomic E-state index is 11.8. The molecule has 8 nitrogen and oxygen atoms in total. The van der Waals surface area contributed by atoms with Gasteiger partial charge in [-0.05, 0) is 37.2 Å². The zero-order valence-corrected chi connectivity index (χ0v) is 17.2. The predicted molar refractivity (Wildman–Crippen MR) is 107 cm³/mol. The lowest BCUT2D eigenvalue weighted by atomic mass is 9.98. The molecule has 0 aliphatic carbocycles. The van der Waals surface area contributed by atoms with Gasteiger partial charge in [0.15, 0.2) is 0 Å². The standard InChI is InChI=1S/C20H31N3O5/c1-5-28-19(24)10-15(4)16-11-18(23(25)26)20(21-12-16)22(13-14(2)3)17-6-8-27-9-7-17/h11-12,14-15,17H,5-10,13H2,1-4H3. The Kier molecular flexibility index (Phi) is 8.17. The van der Waals surface area contributed by atoms with Gasteiger partial charge in [0.1, 0.15) is 0 Å². The lowest BCUT2D eigenvalue weighted by Crippen LogP contribution is -2.42. The minimum Gasteiger partial charge on any atom is -0.466 e. The zero-order valence-electron chi connectivity index (χ0n) is 17.2. The number of pyridine rings is 1. The fourth-order valence-electron chi connectivity index (χ4n) is 3.47. The zero-order chi connectivity index (χ0) is 20.7. The smallest absolute Gasteiger partial charge is 0.311 e. The molecule has 1 aliphatic heterocycles. The first-order valence-electron chi connectivity index (χ1n) is 9.97. The van der Waals surface area contributed by atoms with E-state index >= 15 is 0 Å². The predicted octanol–water partition coefficient (Wildman–Crippen LogP) is 3.69. The number of hydrogen-bond donors (Lipinski definition) is 0. The molecule has 0 radical (unpaired) electrons. The van der Waals surface area contributed by atoms with Crippen LogP contribution in [0, 0.1) is 16.0 Å². The topological polar surface area (TPSA) is 94.8 Å². The molecule has 0 aromatic carbocycles. The van der Waals surface area contributed by atoms with Gasteiger partial charge in [0.25, 0.3) is 0 Å². The summed E-state index contributed by atoms with van der Waals surface area (Å²) in [4.78, 5) is 29.7. The Bertz CT molecular complexity index is 674. The molecule has 1 aromatic heterocycles. The highest BCUT2D eigenvalue weighted by molar-refractivity contribution is 5.70. The van der Waals surface area contributed by atoms with Gasteiger partial charge in [0, 0.05) is 38.1 Å². The van der Waals surface area contributed by atoms with Crippen molar-refractivity contribution in [2.75, 3.05) is 31.3 Å². The number of ether oxygens (including phenoxy) is 2. The van der Waals surface area contributed by atoms with Crippen molar-refractivity contribution >= 4 is 17.5 Å². The molecule has 0 N–H and O–H groups in total. The van der Waals surface area contributed by atoms with E-state index in [0.29, 0.717) is 43.7 Å². The molecule has 1 fully saturated rings. The molecule has 28 heavy (non-hydrogen) atoms. The molecule has 1 atom stereocenters. The Hall–Kier alpha value is -2.22. The van der Waals surface area contributed by atoms with Gasteiger partial charge in [-0.15, -0.1) is 0 Å². The van der Waals surface area contributed by atoms with Crippen molar-refractivity contribution in [3.8, 4) is 0 Å².